The number of benzene rings is 3. The lowest BCUT2D eigenvalue weighted by atomic mass is 10.0. The second-order valence-electron chi connectivity index (χ2n) is 9.31. The number of aryl methyl sites for hydroxylation is 1. The van der Waals surface area contributed by atoms with Gasteiger partial charge in [-0.25, -0.2) is 0 Å². The van der Waals surface area contributed by atoms with E-state index in [9.17, 15) is 9.59 Å². The highest BCUT2D eigenvalue weighted by atomic mass is 32.2. The number of carbonyl (C=O) groups excluding carboxylic acids is 2. The van der Waals surface area contributed by atoms with Crippen molar-refractivity contribution in [2.75, 3.05) is 12.9 Å². The summed E-state index contributed by atoms with van der Waals surface area (Å²) in [4.78, 5) is 30.2. The molecule has 3 aromatic carbocycles. The van der Waals surface area contributed by atoms with Gasteiger partial charge in [-0.15, -0.1) is 11.8 Å². The molecular weight excluding hydrogens is 480 g/mol. The Balaban J connectivity index is 1.86. The van der Waals surface area contributed by atoms with E-state index in [1.807, 2.05) is 68.4 Å². The van der Waals surface area contributed by atoms with Crippen LogP contribution in [0, 0.1) is 6.92 Å². The highest BCUT2D eigenvalue weighted by Gasteiger charge is 2.30. The van der Waals surface area contributed by atoms with Crippen molar-refractivity contribution in [2.24, 2.45) is 0 Å². The van der Waals surface area contributed by atoms with Gasteiger partial charge in [0.25, 0.3) is 0 Å². The third-order valence-electron chi connectivity index (χ3n) is 6.36. The van der Waals surface area contributed by atoms with Gasteiger partial charge in [0.05, 0.1) is 7.11 Å². The van der Waals surface area contributed by atoms with E-state index in [0.717, 1.165) is 28.2 Å². The van der Waals surface area contributed by atoms with Gasteiger partial charge >= 0.3 is 0 Å². The van der Waals surface area contributed by atoms with E-state index in [0.29, 0.717) is 25.1 Å². The smallest absolute Gasteiger partial charge is 0.243 e. The molecule has 0 bridgehead atoms. The van der Waals surface area contributed by atoms with Crippen molar-refractivity contribution in [1.82, 2.24) is 10.2 Å². The van der Waals surface area contributed by atoms with Crippen molar-refractivity contribution in [3.8, 4) is 5.75 Å². The zero-order valence-corrected chi connectivity index (χ0v) is 23.1. The van der Waals surface area contributed by atoms with Crippen LogP contribution in [0.1, 0.15) is 43.4 Å². The molecule has 0 spiro atoms. The summed E-state index contributed by atoms with van der Waals surface area (Å²) in [6.45, 7) is 6.42. The second-order valence-corrected chi connectivity index (χ2v) is 10.5. The van der Waals surface area contributed by atoms with E-state index in [-0.39, 0.29) is 17.9 Å². The molecule has 0 saturated carbocycles. The molecule has 5 nitrogen and oxygen atoms in total. The number of hydrogen-bond acceptors (Lipinski definition) is 4. The predicted octanol–water partition coefficient (Wildman–Crippen LogP) is 6.04. The molecule has 2 amide bonds. The van der Waals surface area contributed by atoms with Crippen molar-refractivity contribution in [3.63, 3.8) is 0 Å². The first-order valence-electron chi connectivity index (χ1n) is 12.9. The molecule has 0 aliphatic heterocycles. The molecule has 1 N–H and O–H groups in total. The zero-order valence-electron chi connectivity index (χ0n) is 22.3. The molecule has 3 aromatic rings. The van der Waals surface area contributed by atoms with Crippen LogP contribution >= 0.6 is 11.8 Å². The van der Waals surface area contributed by atoms with Crippen molar-refractivity contribution in [1.29, 1.82) is 0 Å². The number of amides is 2. The second kappa shape index (κ2) is 14.5. The van der Waals surface area contributed by atoms with Crippen molar-refractivity contribution < 1.29 is 14.3 Å². The molecule has 196 valence electrons. The number of nitrogens with one attached hydrogen (secondary N) is 1. The summed E-state index contributed by atoms with van der Waals surface area (Å²) in [6.07, 6.45) is 1.61. The zero-order chi connectivity index (χ0) is 26.6. The molecule has 0 aliphatic rings. The molecule has 6 heteroatoms. The molecular formula is C31H38N2O3S. The standard InChI is InChI=1S/C31H38N2O3S/c1-5-24(3)32-31(35)29(21-25-10-7-6-8-11-25)33(22-26-12-9-13-27(20-26)36-4)30(34)18-19-37-28-16-14-23(2)15-17-28/h6-17,20,24,29H,5,18-19,21-22H2,1-4H3,(H,32,35)/t24-,29+/m1/s1. The molecule has 0 heterocycles. The first-order valence-corrected chi connectivity index (χ1v) is 13.8. The molecule has 37 heavy (non-hydrogen) atoms. The third-order valence-corrected chi connectivity index (χ3v) is 7.38. The minimum absolute atomic E-state index is 0.0247. The monoisotopic (exact) mass is 518 g/mol. The Morgan fingerprint density at radius 2 is 1.68 bits per heavy atom. The third kappa shape index (κ3) is 8.97. The molecule has 3 rings (SSSR count). The summed E-state index contributed by atoms with van der Waals surface area (Å²) in [5.41, 5.74) is 3.15. The molecule has 0 aliphatic carbocycles. The van der Waals surface area contributed by atoms with Gasteiger partial charge in [0.2, 0.25) is 11.8 Å². The van der Waals surface area contributed by atoms with E-state index >= 15 is 0 Å². The molecule has 0 fully saturated rings. The van der Waals surface area contributed by atoms with Gasteiger partial charge in [0.15, 0.2) is 0 Å². The number of ether oxygens (including phenoxy) is 1. The summed E-state index contributed by atoms with van der Waals surface area (Å²) in [5.74, 6) is 1.20. The summed E-state index contributed by atoms with van der Waals surface area (Å²) in [7, 11) is 1.63. The highest BCUT2D eigenvalue weighted by molar-refractivity contribution is 7.99. The van der Waals surface area contributed by atoms with Crippen LogP contribution in [0.2, 0.25) is 0 Å². The topological polar surface area (TPSA) is 58.6 Å². The maximum absolute atomic E-state index is 13.7. The fourth-order valence-corrected chi connectivity index (χ4v) is 4.84. The fourth-order valence-electron chi connectivity index (χ4n) is 4.00. The van der Waals surface area contributed by atoms with Gasteiger partial charge in [-0.2, -0.15) is 0 Å². The summed E-state index contributed by atoms with van der Waals surface area (Å²) >= 11 is 1.66. The van der Waals surface area contributed by atoms with Crippen LogP contribution < -0.4 is 10.1 Å². The molecule has 2 atom stereocenters. The number of hydrogen-bond donors (Lipinski definition) is 1. The van der Waals surface area contributed by atoms with E-state index in [2.05, 4.69) is 36.5 Å². The van der Waals surface area contributed by atoms with Gasteiger partial charge < -0.3 is 15.0 Å². The van der Waals surface area contributed by atoms with Gasteiger partial charge in [-0.1, -0.05) is 67.1 Å². The summed E-state index contributed by atoms with van der Waals surface area (Å²) < 4.78 is 5.40. The van der Waals surface area contributed by atoms with Gasteiger partial charge in [0, 0.05) is 36.1 Å². The SMILES string of the molecule is CC[C@@H](C)NC(=O)[C@H](Cc1ccccc1)N(Cc1cccc(OC)c1)C(=O)CCSc1ccc(C)cc1. The molecule has 0 saturated heterocycles. The van der Waals surface area contributed by atoms with Crippen molar-refractivity contribution >= 4 is 23.6 Å². The van der Waals surface area contributed by atoms with Crippen molar-refractivity contribution in [3.05, 3.63) is 95.6 Å². The average Bonchev–Trinajstić information content (AvgIpc) is 2.92. The van der Waals surface area contributed by atoms with Crippen LogP contribution in [0.15, 0.2) is 83.8 Å². The van der Waals surface area contributed by atoms with Crippen LogP contribution in [0.25, 0.3) is 0 Å². The van der Waals surface area contributed by atoms with Gasteiger partial charge in [-0.3, -0.25) is 9.59 Å². The van der Waals surface area contributed by atoms with E-state index < -0.39 is 6.04 Å². The van der Waals surface area contributed by atoms with Gasteiger partial charge in [0.1, 0.15) is 11.8 Å². The number of thioether (sulfide) groups is 1. The number of nitrogens with zero attached hydrogens (tertiary/aromatic N) is 1. The van der Waals surface area contributed by atoms with Crippen LogP contribution in [-0.2, 0) is 22.6 Å². The molecule has 0 radical (unpaired) electrons. The Kier molecular flexibility index (Phi) is 11.1. The first-order chi connectivity index (χ1) is 17.9. The Labute approximate surface area is 225 Å². The fraction of sp³-hybridized carbons (Fsp3) is 0.355. The summed E-state index contributed by atoms with van der Waals surface area (Å²) in [6, 6.07) is 25.3. The van der Waals surface area contributed by atoms with Crippen LogP contribution in [0.3, 0.4) is 0 Å². The largest absolute Gasteiger partial charge is 0.497 e. The minimum Gasteiger partial charge on any atom is -0.497 e. The quantitative estimate of drug-likeness (QED) is 0.280. The van der Waals surface area contributed by atoms with Crippen molar-refractivity contribution in [2.45, 2.75) is 63.6 Å². The summed E-state index contributed by atoms with van der Waals surface area (Å²) in [5, 5.41) is 3.12. The Hall–Kier alpha value is -3.25. The van der Waals surface area contributed by atoms with Crippen LogP contribution in [-0.4, -0.2) is 41.7 Å². The average molecular weight is 519 g/mol. The molecule has 0 unspecified atom stereocenters. The van der Waals surface area contributed by atoms with Crippen LogP contribution in [0.4, 0.5) is 0 Å². The Morgan fingerprint density at radius 1 is 0.973 bits per heavy atom. The lowest BCUT2D eigenvalue weighted by Gasteiger charge is -2.32. The number of methoxy groups -OCH3 is 1. The first kappa shape index (κ1) is 28.3. The maximum Gasteiger partial charge on any atom is 0.243 e. The maximum atomic E-state index is 13.7. The lowest BCUT2D eigenvalue weighted by molar-refractivity contribution is -0.141. The normalized spacial score (nSPS) is 12.4. The van der Waals surface area contributed by atoms with E-state index in [4.69, 9.17) is 4.74 Å². The van der Waals surface area contributed by atoms with Crippen LogP contribution in [0.5, 0.6) is 5.75 Å². The van der Waals surface area contributed by atoms with E-state index in [1.54, 1.807) is 23.8 Å². The molecule has 0 aromatic heterocycles. The highest BCUT2D eigenvalue weighted by Crippen LogP contribution is 2.22. The van der Waals surface area contributed by atoms with Gasteiger partial charge in [-0.05, 0) is 55.7 Å². The number of rotatable bonds is 13. The van der Waals surface area contributed by atoms with E-state index in [1.165, 1.54) is 5.56 Å². The lowest BCUT2D eigenvalue weighted by Crippen LogP contribution is -2.52. The number of carbonyl (C=O) groups is 2. The Bertz CT molecular complexity index is 1130. The predicted molar refractivity (Wildman–Crippen MR) is 152 cm³/mol. The Morgan fingerprint density at radius 3 is 2.35 bits per heavy atom. The minimum atomic E-state index is -0.625.